The fourth-order valence-corrected chi connectivity index (χ4v) is 0. The maximum Gasteiger partial charge on any atom is 0.273 e. The van der Waals surface area contributed by atoms with E-state index in [9.17, 15) is 5.11 Å². The maximum atomic E-state index is 9.43. The second-order valence-corrected chi connectivity index (χ2v) is 1.57. The molecule has 31 valence electrons. The lowest BCUT2D eigenvalue weighted by molar-refractivity contribution is -0.118. The molecule has 0 fully saturated rings. The van der Waals surface area contributed by atoms with Gasteiger partial charge in [-0.05, 0) is 0 Å². The van der Waals surface area contributed by atoms with Crippen LogP contribution in [0.3, 0.4) is 0 Å². The topological polar surface area (TPSA) is 40.1 Å². The van der Waals surface area contributed by atoms with E-state index in [1.165, 1.54) is 0 Å². The third-order valence-corrected chi connectivity index (χ3v) is 0. The van der Waals surface area contributed by atoms with Gasteiger partial charge in [-0.1, -0.05) is 11.6 Å². The van der Waals surface area contributed by atoms with Crippen molar-refractivity contribution in [2.75, 3.05) is 0 Å². The molecule has 0 aromatic carbocycles. The minimum Gasteiger partial charge on any atom is -0.352 e. The zero-order valence-electron chi connectivity index (χ0n) is 2.73. The van der Waals surface area contributed by atoms with E-state index in [1.54, 1.807) is 0 Å². The quantitative estimate of drug-likeness (QED) is 0.342. The third kappa shape index (κ3) is 466. The lowest BCUT2D eigenvalue weighted by Crippen LogP contribution is -2.08. The molecule has 0 heterocycles. The van der Waals surface area contributed by atoms with Gasteiger partial charge in [0.25, 0.3) is 5.25 Å². The van der Waals surface area contributed by atoms with Gasteiger partial charge in [0, 0.05) is 6.92 Å². The summed E-state index contributed by atoms with van der Waals surface area (Å²) in [4.78, 5) is 0. The summed E-state index contributed by atoms with van der Waals surface area (Å²) in [5.41, 5.74) is 0. The van der Waals surface area contributed by atoms with Crippen LogP contribution in [-0.2, 0) is 5.11 Å². The summed E-state index contributed by atoms with van der Waals surface area (Å²) in [6.07, 6.45) is 0. The average molecular weight is 95.5 g/mol. The zero-order chi connectivity index (χ0) is 4.50. The summed E-state index contributed by atoms with van der Waals surface area (Å²) in [5, 5.41) is 14.9. The first kappa shape index (κ1) is 5.21. The van der Waals surface area contributed by atoms with E-state index in [4.69, 9.17) is 5.11 Å². The van der Waals surface area contributed by atoms with E-state index in [0.29, 0.717) is 0 Å². The number of halogens is 1. The first-order chi connectivity index (χ1) is 2.00. The first-order valence-corrected chi connectivity index (χ1v) is 1.49. The number of hydrogen-bond acceptors (Lipinski definition) is 1. The fourth-order valence-electron chi connectivity index (χ4n) is 0. The molecule has 2 nitrogen and oxygen atoms in total. The Hall–Kier alpha value is 0.210. The second-order valence-electron chi connectivity index (χ2n) is 0.870. The Bertz CT molecular complexity index is 23.1. The van der Waals surface area contributed by atoms with E-state index in [2.05, 4.69) is 11.6 Å². The summed E-state index contributed by atoms with van der Waals surface area (Å²) in [6, 6.07) is 0. The van der Waals surface area contributed by atoms with Gasteiger partial charge in [0.15, 0.2) is 0 Å². The molecule has 0 aromatic rings. The molecular formula is C2H4ClO2. The van der Waals surface area contributed by atoms with Crippen molar-refractivity contribution in [2.45, 2.75) is 12.2 Å². The van der Waals surface area contributed by atoms with Crippen LogP contribution in [0.15, 0.2) is 0 Å². The van der Waals surface area contributed by atoms with Crippen LogP contribution >= 0.6 is 11.6 Å². The molecule has 0 aliphatic rings. The van der Waals surface area contributed by atoms with Crippen LogP contribution in [0.4, 0.5) is 0 Å². The molecular weight excluding hydrogens is 91.5 g/mol. The van der Waals surface area contributed by atoms with Gasteiger partial charge in [0.1, 0.15) is 0 Å². The minimum absolute atomic E-state index is 0.953. The van der Waals surface area contributed by atoms with Gasteiger partial charge < -0.3 is 5.11 Å². The van der Waals surface area contributed by atoms with Gasteiger partial charge in [0.05, 0.1) is 0 Å². The summed E-state index contributed by atoms with van der Waals surface area (Å²) in [6.45, 7) is 0.953. The van der Waals surface area contributed by atoms with Crippen molar-refractivity contribution in [3.8, 4) is 0 Å². The number of aliphatic hydroxyl groups is 1. The van der Waals surface area contributed by atoms with Crippen molar-refractivity contribution in [1.82, 2.24) is 0 Å². The molecule has 1 atom stereocenters. The summed E-state index contributed by atoms with van der Waals surface area (Å²) in [5.74, 6) is 0. The Balaban J connectivity index is 3.02. The summed E-state index contributed by atoms with van der Waals surface area (Å²) >= 11 is 4.53. The molecule has 1 radical (unpaired) electrons. The van der Waals surface area contributed by atoms with E-state index in [-0.39, 0.29) is 0 Å². The lowest BCUT2D eigenvalue weighted by Gasteiger charge is -1.95. The highest BCUT2D eigenvalue weighted by atomic mass is 35.5. The Morgan fingerprint density at radius 2 is 2.00 bits per heavy atom. The van der Waals surface area contributed by atoms with Crippen LogP contribution in [0.2, 0.25) is 0 Å². The van der Waals surface area contributed by atoms with Crippen LogP contribution in [0.1, 0.15) is 6.92 Å². The van der Waals surface area contributed by atoms with Crippen molar-refractivity contribution in [3.05, 3.63) is 0 Å². The normalized spacial score (nSPS) is 12.0. The van der Waals surface area contributed by atoms with Crippen LogP contribution in [0.25, 0.3) is 0 Å². The molecule has 0 bridgehead atoms. The van der Waals surface area contributed by atoms with Crippen molar-refractivity contribution in [1.29, 1.82) is 0 Å². The standard InChI is InChI=1S/C2H4ClO2/c1-2(3,4)5/h4H,1H3. The Kier molecular flexibility index (Phi) is 1.17. The van der Waals surface area contributed by atoms with E-state index >= 15 is 0 Å². The molecule has 0 aliphatic heterocycles. The number of alkyl halides is 1. The molecule has 5 heavy (non-hydrogen) atoms. The number of rotatable bonds is 0. The molecule has 3 heteroatoms. The minimum atomic E-state index is -2.28. The Labute approximate surface area is 35.0 Å². The van der Waals surface area contributed by atoms with Gasteiger partial charge in [0.2, 0.25) is 0 Å². The highest BCUT2D eigenvalue weighted by Gasteiger charge is 2.08. The van der Waals surface area contributed by atoms with E-state index in [1.807, 2.05) is 0 Å². The van der Waals surface area contributed by atoms with Crippen molar-refractivity contribution in [3.63, 3.8) is 0 Å². The number of hydrogen-bond donors (Lipinski definition) is 1. The van der Waals surface area contributed by atoms with Gasteiger partial charge in [-0.2, -0.15) is 5.11 Å². The fraction of sp³-hybridized carbons (Fsp3) is 1.00. The molecule has 0 saturated carbocycles. The molecule has 1 unspecified atom stereocenters. The van der Waals surface area contributed by atoms with Gasteiger partial charge in [-0.25, -0.2) is 0 Å². The van der Waals surface area contributed by atoms with Crippen molar-refractivity contribution >= 4 is 11.6 Å². The monoisotopic (exact) mass is 95.0 g/mol. The zero-order valence-corrected chi connectivity index (χ0v) is 3.49. The largest absolute Gasteiger partial charge is 0.352 e. The molecule has 1 N–H and O–H groups in total. The molecule has 0 rings (SSSR count). The molecule has 0 amide bonds. The lowest BCUT2D eigenvalue weighted by atomic mass is 10.8. The van der Waals surface area contributed by atoms with Crippen molar-refractivity contribution in [2.24, 2.45) is 0 Å². The van der Waals surface area contributed by atoms with Crippen LogP contribution in [-0.4, -0.2) is 10.4 Å². The Morgan fingerprint density at radius 1 is 2.00 bits per heavy atom. The molecule has 0 saturated heterocycles. The Morgan fingerprint density at radius 3 is 2.00 bits per heavy atom. The highest BCUT2D eigenvalue weighted by molar-refractivity contribution is 6.21. The van der Waals surface area contributed by atoms with Crippen molar-refractivity contribution < 1.29 is 10.2 Å². The highest BCUT2D eigenvalue weighted by Crippen LogP contribution is 2.00. The summed E-state index contributed by atoms with van der Waals surface area (Å²) in [7, 11) is 0. The van der Waals surface area contributed by atoms with Gasteiger partial charge in [-0.15, -0.1) is 0 Å². The average Bonchev–Trinajstić information content (AvgIpc) is 0.722. The van der Waals surface area contributed by atoms with E-state index < -0.39 is 5.25 Å². The predicted molar refractivity (Wildman–Crippen MR) is 17.2 cm³/mol. The van der Waals surface area contributed by atoms with Crippen LogP contribution in [0.5, 0.6) is 0 Å². The van der Waals surface area contributed by atoms with Gasteiger partial charge >= 0.3 is 0 Å². The van der Waals surface area contributed by atoms with Crippen LogP contribution in [0, 0.1) is 0 Å². The van der Waals surface area contributed by atoms with Gasteiger partial charge in [-0.3, -0.25) is 0 Å². The maximum absolute atomic E-state index is 9.43. The third-order valence-electron chi connectivity index (χ3n) is 0. The first-order valence-electron chi connectivity index (χ1n) is 1.12. The molecule has 0 aliphatic carbocycles. The summed E-state index contributed by atoms with van der Waals surface area (Å²) < 4.78 is 0. The smallest absolute Gasteiger partial charge is 0.273 e. The second kappa shape index (κ2) is 1.12. The predicted octanol–water partition coefficient (Wildman–Crippen LogP) is 0.322. The van der Waals surface area contributed by atoms with E-state index in [0.717, 1.165) is 6.92 Å². The molecule has 0 spiro atoms. The SMILES string of the molecule is CC([O])(O)Cl. The van der Waals surface area contributed by atoms with Crippen LogP contribution < -0.4 is 0 Å². The molecule has 0 aromatic heterocycles.